The van der Waals surface area contributed by atoms with E-state index >= 15 is 0 Å². The van der Waals surface area contributed by atoms with Crippen LogP contribution in [-0.2, 0) is 4.79 Å². The minimum atomic E-state index is -0.234. The van der Waals surface area contributed by atoms with Gasteiger partial charge in [-0.3, -0.25) is 9.78 Å². The van der Waals surface area contributed by atoms with Crippen LogP contribution in [-0.4, -0.2) is 25.0 Å². The summed E-state index contributed by atoms with van der Waals surface area (Å²) in [6.45, 7) is 1.99. The molecular weight excluding hydrogens is 376 g/mol. The molecule has 1 aliphatic carbocycles. The van der Waals surface area contributed by atoms with E-state index in [0.717, 1.165) is 69.0 Å². The maximum atomic E-state index is 13.2. The molecule has 1 aliphatic heterocycles. The van der Waals surface area contributed by atoms with E-state index in [4.69, 9.17) is 14.5 Å². The molecule has 0 amide bonds. The molecule has 1 atom stereocenters. The number of carbonyl (C=O) groups excluding carboxylic acids is 1. The predicted molar refractivity (Wildman–Crippen MR) is 117 cm³/mol. The summed E-state index contributed by atoms with van der Waals surface area (Å²) in [7, 11) is 3.32. The lowest BCUT2D eigenvalue weighted by Gasteiger charge is -2.35. The van der Waals surface area contributed by atoms with E-state index in [1.165, 1.54) is 0 Å². The number of rotatable bonds is 3. The first kappa shape index (κ1) is 18.7. The minimum Gasteiger partial charge on any atom is -0.497 e. The second-order valence-corrected chi connectivity index (χ2v) is 7.88. The predicted octanol–water partition coefficient (Wildman–Crippen LogP) is 5.12. The molecule has 0 saturated heterocycles. The smallest absolute Gasteiger partial charge is 0.161 e. The SMILES string of the molecule is COc1ccc(OC)c(C2C3=C(CCCC3=O)Nc3ccc4nc(C)ccc4c32)c1. The number of methoxy groups -OCH3 is 2. The summed E-state index contributed by atoms with van der Waals surface area (Å²) >= 11 is 0. The molecule has 5 rings (SSSR count). The van der Waals surface area contributed by atoms with Crippen LogP contribution in [0, 0.1) is 6.92 Å². The average Bonchev–Trinajstić information content (AvgIpc) is 2.77. The van der Waals surface area contributed by atoms with Gasteiger partial charge in [0.15, 0.2) is 5.78 Å². The number of benzene rings is 2. The Morgan fingerprint density at radius 3 is 2.70 bits per heavy atom. The number of nitrogens with one attached hydrogen (secondary N) is 1. The third-order valence-corrected chi connectivity index (χ3v) is 6.12. The lowest BCUT2D eigenvalue weighted by molar-refractivity contribution is -0.116. The highest BCUT2D eigenvalue weighted by Gasteiger charge is 2.37. The Hall–Kier alpha value is -3.34. The van der Waals surface area contributed by atoms with Crippen LogP contribution >= 0.6 is 0 Å². The molecule has 5 heteroatoms. The van der Waals surface area contributed by atoms with E-state index in [1.807, 2.05) is 37.3 Å². The monoisotopic (exact) mass is 400 g/mol. The van der Waals surface area contributed by atoms with Gasteiger partial charge in [0.1, 0.15) is 11.5 Å². The number of anilines is 1. The molecule has 0 fully saturated rings. The molecule has 1 aromatic heterocycles. The first-order valence-corrected chi connectivity index (χ1v) is 10.3. The normalized spacial score (nSPS) is 18.0. The number of carbonyl (C=O) groups is 1. The van der Waals surface area contributed by atoms with Crippen LogP contribution in [0.3, 0.4) is 0 Å². The number of fused-ring (bicyclic) bond motifs is 3. The lowest BCUT2D eigenvalue weighted by Crippen LogP contribution is -2.27. The van der Waals surface area contributed by atoms with Crippen molar-refractivity contribution in [3.63, 3.8) is 0 Å². The van der Waals surface area contributed by atoms with Crippen molar-refractivity contribution in [2.45, 2.75) is 32.1 Å². The van der Waals surface area contributed by atoms with Gasteiger partial charge in [-0.15, -0.1) is 0 Å². The van der Waals surface area contributed by atoms with Gasteiger partial charge in [-0.1, -0.05) is 6.07 Å². The fraction of sp³-hybridized carbons (Fsp3) is 0.280. The summed E-state index contributed by atoms with van der Waals surface area (Å²) in [5.74, 6) is 1.45. The minimum absolute atomic E-state index is 0.196. The van der Waals surface area contributed by atoms with Crippen molar-refractivity contribution in [2.24, 2.45) is 0 Å². The van der Waals surface area contributed by atoms with Gasteiger partial charge in [-0.05, 0) is 61.7 Å². The Kier molecular flexibility index (Phi) is 4.46. The Bertz CT molecular complexity index is 1210. The molecule has 30 heavy (non-hydrogen) atoms. The van der Waals surface area contributed by atoms with Gasteiger partial charge in [0.25, 0.3) is 0 Å². The van der Waals surface area contributed by atoms with Crippen LogP contribution in [0.25, 0.3) is 10.9 Å². The summed E-state index contributed by atoms with van der Waals surface area (Å²) in [5, 5.41) is 4.61. The van der Waals surface area contributed by atoms with Gasteiger partial charge in [0.05, 0.1) is 19.7 Å². The standard InChI is InChI=1S/C25H24N2O3/c1-14-7-9-16-18(26-14)10-11-20-23(16)24(25-19(27-20)5-4-6-21(25)28)17-13-15(29-2)8-12-22(17)30-3/h7-13,24,27H,4-6H2,1-3H3. The number of hydrogen-bond donors (Lipinski definition) is 1. The first-order chi connectivity index (χ1) is 14.6. The number of aryl methyl sites for hydroxylation is 1. The second-order valence-electron chi connectivity index (χ2n) is 7.88. The van der Waals surface area contributed by atoms with E-state index in [0.29, 0.717) is 6.42 Å². The average molecular weight is 400 g/mol. The van der Waals surface area contributed by atoms with Crippen molar-refractivity contribution in [1.82, 2.24) is 4.98 Å². The van der Waals surface area contributed by atoms with Crippen LogP contribution in [0.1, 0.15) is 42.0 Å². The van der Waals surface area contributed by atoms with Crippen molar-refractivity contribution in [2.75, 3.05) is 19.5 Å². The first-order valence-electron chi connectivity index (χ1n) is 10.3. The quantitative estimate of drug-likeness (QED) is 0.661. The molecule has 2 heterocycles. The van der Waals surface area contributed by atoms with Gasteiger partial charge in [0, 0.05) is 45.9 Å². The molecule has 0 radical (unpaired) electrons. The van der Waals surface area contributed by atoms with E-state index in [9.17, 15) is 4.79 Å². The number of Topliss-reactive ketones (excluding diaryl/α,β-unsaturated/α-hetero) is 1. The molecule has 152 valence electrons. The zero-order chi connectivity index (χ0) is 20.8. The van der Waals surface area contributed by atoms with Gasteiger partial charge >= 0.3 is 0 Å². The van der Waals surface area contributed by atoms with Crippen LogP contribution < -0.4 is 14.8 Å². The van der Waals surface area contributed by atoms with Crippen LogP contribution in [0.5, 0.6) is 11.5 Å². The van der Waals surface area contributed by atoms with Gasteiger partial charge < -0.3 is 14.8 Å². The van der Waals surface area contributed by atoms with E-state index < -0.39 is 0 Å². The van der Waals surface area contributed by atoms with E-state index in [-0.39, 0.29) is 11.7 Å². The molecule has 3 aromatic rings. The summed E-state index contributed by atoms with van der Waals surface area (Å²) in [4.78, 5) is 17.9. The van der Waals surface area contributed by atoms with Crippen molar-refractivity contribution >= 4 is 22.4 Å². The Labute approximate surface area is 175 Å². The number of nitrogens with zero attached hydrogens (tertiary/aromatic N) is 1. The van der Waals surface area contributed by atoms with E-state index in [2.05, 4.69) is 17.4 Å². The number of allylic oxidation sites excluding steroid dienone is 2. The molecule has 1 unspecified atom stereocenters. The highest BCUT2D eigenvalue weighted by molar-refractivity contribution is 6.03. The van der Waals surface area contributed by atoms with Crippen molar-refractivity contribution in [3.8, 4) is 11.5 Å². The summed E-state index contributed by atoms with van der Waals surface area (Å²) in [6.07, 6.45) is 2.31. The molecule has 0 bridgehead atoms. The molecule has 0 spiro atoms. The van der Waals surface area contributed by atoms with Crippen LogP contribution in [0.15, 0.2) is 53.7 Å². The van der Waals surface area contributed by atoms with Crippen molar-refractivity contribution < 1.29 is 14.3 Å². The largest absolute Gasteiger partial charge is 0.497 e. The molecule has 1 N–H and O–H groups in total. The number of pyridine rings is 1. The number of hydrogen-bond acceptors (Lipinski definition) is 5. The number of aromatic nitrogens is 1. The third kappa shape index (κ3) is 2.84. The maximum Gasteiger partial charge on any atom is 0.161 e. The lowest BCUT2D eigenvalue weighted by atomic mass is 9.74. The topological polar surface area (TPSA) is 60.5 Å². The highest BCUT2D eigenvalue weighted by atomic mass is 16.5. The van der Waals surface area contributed by atoms with E-state index in [1.54, 1.807) is 14.2 Å². The zero-order valence-electron chi connectivity index (χ0n) is 17.4. The molecule has 5 nitrogen and oxygen atoms in total. The summed E-state index contributed by atoms with van der Waals surface area (Å²) in [6, 6.07) is 14.0. The van der Waals surface area contributed by atoms with Gasteiger partial charge in [-0.25, -0.2) is 0 Å². The third-order valence-electron chi connectivity index (χ3n) is 6.12. The fourth-order valence-corrected chi connectivity index (χ4v) is 4.76. The summed E-state index contributed by atoms with van der Waals surface area (Å²) in [5.41, 5.74) is 6.79. The van der Waals surface area contributed by atoms with Gasteiger partial charge in [-0.2, -0.15) is 0 Å². The molecule has 2 aliphatic rings. The zero-order valence-corrected chi connectivity index (χ0v) is 17.4. The van der Waals surface area contributed by atoms with Crippen molar-refractivity contribution in [3.05, 3.63) is 70.6 Å². The second kappa shape index (κ2) is 7.17. The molecule has 0 saturated carbocycles. The van der Waals surface area contributed by atoms with Gasteiger partial charge in [0.2, 0.25) is 0 Å². The van der Waals surface area contributed by atoms with Crippen molar-refractivity contribution in [1.29, 1.82) is 0 Å². The Morgan fingerprint density at radius 1 is 1.03 bits per heavy atom. The fourth-order valence-electron chi connectivity index (χ4n) is 4.76. The van der Waals surface area contributed by atoms with Crippen LogP contribution in [0.4, 0.5) is 5.69 Å². The molecular formula is C25H24N2O3. The van der Waals surface area contributed by atoms with Crippen LogP contribution in [0.2, 0.25) is 0 Å². The maximum absolute atomic E-state index is 13.2. The Balaban J connectivity index is 1.86. The summed E-state index contributed by atoms with van der Waals surface area (Å²) < 4.78 is 11.2. The number of ether oxygens (including phenoxy) is 2. The Morgan fingerprint density at radius 2 is 1.90 bits per heavy atom. The number of ketones is 1. The molecule has 2 aromatic carbocycles. The highest BCUT2D eigenvalue weighted by Crippen LogP contribution is 2.50.